The van der Waals surface area contributed by atoms with Crippen molar-refractivity contribution in [1.82, 2.24) is 0 Å². The lowest BCUT2D eigenvalue weighted by Crippen LogP contribution is -2.28. The Bertz CT molecular complexity index is 757. The van der Waals surface area contributed by atoms with Crippen LogP contribution in [0.25, 0.3) is 0 Å². The van der Waals surface area contributed by atoms with Gasteiger partial charge in [-0.25, -0.2) is 8.78 Å². The monoisotopic (exact) mass is 393 g/mol. The normalized spacial score (nSPS) is 12.2. The van der Waals surface area contributed by atoms with E-state index in [0.717, 1.165) is 0 Å². The van der Waals surface area contributed by atoms with Crippen molar-refractivity contribution in [1.29, 1.82) is 0 Å². The molecule has 0 saturated carbocycles. The fourth-order valence-corrected chi connectivity index (χ4v) is 3.31. The number of nitrogens with two attached hydrogens (primary N) is 1. The molecule has 7 heteroatoms. The van der Waals surface area contributed by atoms with Gasteiger partial charge >= 0.3 is 5.97 Å². The van der Waals surface area contributed by atoms with Crippen LogP contribution in [0.1, 0.15) is 35.1 Å². The van der Waals surface area contributed by atoms with Gasteiger partial charge in [-0.1, -0.05) is 12.1 Å². The first-order valence-corrected chi connectivity index (χ1v) is 8.85. The average Bonchev–Trinajstić information content (AvgIpc) is 2.65. The number of hydrogen-bond donors (Lipinski definition) is 1. The van der Waals surface area contributed by atoms with Crippen LogP contribution in [-0.2, 0) is 32.2 Å². The highest BCUT2D eigenvalue weighted by atomic mass is 19.1. The molecule has 0 amide bonds. The Kier molecular flexibility index (Phi) is 8.04. The van der Waals surface area contributed by atoms with Crippen LogP contribution >= 0.6 is 0 Å². The van der Waals surface area contributed by atoms with Gasteiger partial charge in [0.25, 0.3) is 0 Å². The van der Waals surface area contributed by atoms with E-state index in [2.05, 4.69) is 0 Å². The van der Waals surface area contributed by atoms with Gasteiger partial charge in [0.05, 0.1) is 19.8 Å². The van der Waals surface area contributed by atoms with E-state index in [4.69, 9.17) is 19.9 Å². The van der Waals surface area contributed by atoms with Gasteiger partial charge in [0.15, 0.2) is 0 Å². The van der Waals surface area contributed by atoms with Crippen LogP contribution in [-0.4, -0.2) is 32.8 Å². The van der Waals surface area contributed by atoms with Crippen molar-refractivity contribution in [2.45, 2.75) is 32.2 Å². The Balaban J connectivity index is 2.63. The zero-order valence-electron chi connectivity index (χ0n) is 16.2. The number of benzene rings is 2. The van der Waals surface area contributed by atoms with Gasteiger partial charge in [-0.15, -0.1) is 0 Å². The summed E-state index contributed by atoms with van der Waals surface area (Å²) < 4.78 is 43.5. The Morgan fingerprint density at radius 1 is 0.964 bits per heavy atom. The summed E-state index contributed by atoms with van der Waals surface area (Å²) in [4.78, 5) is 11.8. The summed E-state index contributed by atoms with van der Waals surface area (Å²) in [6.45, 7) is 1.79. The number of rotatable bonds is 9. The van der Waals surface area contributed by atoms with Crippen molar-refractivity contribution in [3.8, 4) is 0 Å². The predicted octanol–water partition coefficient (Wildman–Crippen LogP) is 3.28. The summed E-state index contributed by atoms with van der Waals surface area (Å²) >= 11 is 0. The average molecular weight is 393 g/mol. The molecule has 152 valence electrons. The molecule has 0 fully saturated rings. The Morgan fingerprint density at radius 3 is 1.82 bits per heavy atom. The smallest absolute Gasteiger partial charge is 0.319 e. The Morgan fingerprint density at radius 2 is 1.43 bits per heavy atom. The van der Waals surface area contributed by atoms with Crippen LogP contribution in [0.15, 0.2) is 36.4 Å². The second kappa shape index (κ2) is 10.3. The van der Waals surface area contributed by atoms with Crippen LogP contribution in [0.5, 0.6) is 0 Å². The molecule has 0 aliphatic heterocycles. The second-order valence-corrected chi connectivity index (χ2v) is 6.43. The van der Waals surface area contributed by atoms with Crippen molar-refractivity contribution in [2.75, 3.05) is 20.8 Å². The molecule has 28 heavy (non-hydrogen) atoms. The van der Waals surface area contributed by atoms with Crippen molar-refractivity contribution in [2.24, 2.45) is 5.73 Å². The molecule has 2 rings (SSSR count). The minimum Gasteiger partial charge on any atom is -0.461 e. The zero-order valence-corrected chi connectivity index (χ0v) is 16.2. The van der Waals surface area contributed by atoms with Crippen molar-refractivity contribution >= 4 is 5.97 Å². The summed E-state index contributed by atoms with van der Waals surface area (Å²) in [6, 6.07) is 8.67. The maximum Gasteiger partial charge on any atom is 0.319 e. The first kappa shape index (κ1) is 21.9. The molecule has 2 N–H and O–H groups in total. The van der Waals surface area contributed by atoms with Crippen molar-refractivity contribution < 1.29 is 27.8 Å². The van der Waals surface area contributed by atoms with E-state index in [-0.39, 0.29) is 19.8 Å². The highest BCUT2D eigenvalue weighted by Gasteiger charge is 2.29. The third-order valence-corrected chi connectivity index (χ3v) is 4.43. The van der Waals surface area contributed by atoms with Crippen LogP contribution < -0.4 is 5.73 Å². The van der Waals surface area contributed by atoms with Crippen molar-refractivity contribution in [3.63, 3.8) is 0 Å². The minimum absolute atomic E-state index is 0.169. The third-order valence-electron chi connectivity index (χ3n) is 4.43. The molecule has 0 saturated heterocycles. The number of ether oxygens (including phenoxy) is 3. The SMILES string of the molecule is COCc1cc(F)ccc1C(c1ccc(F)cc1COC)C(C)OC(=O)CN. The first-order chi connectivity index (χ1) is 13.4. The molecule has 0 spiro atoms. The molecule has 2 aromatic carbocycles. The van der Waals surface area contributed by atoms with E-state index < -0.39 is 29.6 Å². The van der Waals surface area contributed by atoms with E-state index in [1.54, 1.807) is 19.1 Å². The molecule has 0 bridgehead atoms. The summed E-state index contributed by atoms with van der Waals surface area (Å²) in [5, 5.41) is 0. The summed E-state index contributed by atoms with van der Waals surface area (Å²) in [5.41, 5.74) is 8.02. The molecule has 0 heterocycles. The fourth-order valence-electron chi connectivity index (χ4n) is 3.31. The van der Waals surface area contributed by atoms with Crippen LogP contribution in [0, 0.1) is 11.6 Å². The number of hydrogen-bond acceptors (Lipinski definition) is 5. The van der Waals surface area contributed by atoms with Crippen LogP contribution in [0.4, 0.5) is 8.78 Å². The largest absolute Gasteiger partial charge is 0.461 e. The van der Waals surface area contributed by atoms with Gasteiger partial charge in [-0.05, 0) is 53.4 Å². The first-order valence-electron chi connectivity index (χ1n) is 8.85. The van der Waals surface area contributed by atoms with E-state index >= 15 is 0 Å². The van der Waals surface area contributed by atoms with E-state index in [1.807, 2.05) is 0 Å². The Hall–Kier alpha value is -2.35. The van der Waals surface area contributed by atoms with Gasteiger partial charge in [0, 0.05) is 20.1 Å². The summed E-state index contributed by atoms with van der Waals surface area (Å²) in [5.74, 6) is -1.87. The van der Waals surface area contributed by atoms with Gasteiger partial charge in [-0.3, -0.25) is 4.79 Å². The third kappa shape index (κ3) is 5.34. The maximum atomic E-state index is 13.8. The summed E-state index contributed by atoms with van der Waals surface area (Å²) in [7, 11) is 3.02. The van der Waals surface area contributed by atoms with Gasteiger partial charge in [0.1, 0.15) is 17.7 Å². The standard InChI is InChI=1S/C21H25F2NO4/c1-13(28-20(25)10-24)21(18-6-4-16(22)8-14(18)11-26-2)19-7-5-17(23)9-15(19)12-27-3/h4-9,13,21H,10-12,24H2,1-3H3. The van der Waals surface area contributed by atoms with Crippen molar-refractivity contribution in [3.05, 3.63) is 70.3 Å². The maximum absolute atomic E-state index is 13.8. The molecular formula is C21H25F2NO4. The minimum atomic E-state index is -0.641. The van der Waals surface area contributed by atoms with E-state index in [9.17, 15) is 13.6 Å². The second-order valence-electron chi connectivity index (χ2n) is 6.43. The lowest BCUT2D eigenvalue weighted by atomic mass is 9.82. The van der Waals surface area contributed by atoms with E-state index in [1.165, 1.54) is 38.5 Å². The molecule has 1 unspecified atom stereocenters. The zero-order chi connectivity index (χ0) is 20.7. The molecule has 0 aliphatic carbocycles. The number of carbonyl (C=O) groups is 1. The molecule has 0 radical (unpaired) electrons. The number of carbonyl (C=O) groups excluding carboxylic acids is 1. The van der Waals surface area contributed by atoms with Gasteiger partial charge in [-0.2, -0.15) is 0 Å². The summed E-state index contributed by atoms with van der Waals surface area (Å²) in [6.07, 6.45) is -0.641. The fraction of sp³-hybridized carbons (Fsp3) is 0.381. The molecule has 1 atom stereocenters. The molecular weight excluding hydrogens is 368 g/mol. The van der Waals surface area contributed by atoms with Crippen LogP contribution in [0.3, 0.4) is 0 Å². The molecule has 5 nitrogen and oxygen atoms in total. The highest BCUT2D eigenvalue weighted by molar-refractivity contribution is 5.71. The predicted molar refractivity (Wildman–Crippen MR) is 101 cm³/mol. The number of methoxy groups -OCH3 is 2. The topological polar surface area (TPSA) is 70.8 Å². The number of esters is 1. The van der Waals surface area contributed by atoms with Gasteiger partial charge < -0.3 is 19.9 Å². The Labute approximate surface area is 163 Å². The molecule has 0 aromatic heterocycles. The molecule has 2 aromatic rings. The number of halogens is 2. The highest BCUT2D eigenvalue weighted by Crippen LogP contribution is 2.35. The van der Waals surface area contributed by atoms with Gasteiger partial charge in [0.2, 0.25) is 0 Å². The lowest BCUT2D eigenvalue weighted by molar-refractivity contribution is -0.147. The van der Waals surface area contributed by atoms with E-state index in [0.29, 0.717) is 22.3 Å². The quantitative estimate of drug-likeness (QED) is 0.662. The van der Waals surface area contributed by atoms with Crippen LogP contribution in [0.2, 0.25) is 0 Å². The lowest BCUT2D eigenvalue weighted by Gasteiger charge is -2.28. The molecule has 0 aliphatic rings.